The van der Waals surface area contributed by atoms with Crippen molar-refractivity contribution in [3.05, 3.63) is 48.1 Å². The minimum absolute atomic E-state index is 0.155. The van der Waals surface area contributed by atoms with Crippen LogP contribution in [0.2, 0.25) is 0 Å². The van der Waals surface area contributed by atoms with Gasteiger partial charge in [-0.25, -0.2) is 4.79 Å². The average Bonchev–Trinajstić information content (AvgIpc) is 3.37. The quantitative estimate of drug-likeness (QED) is 0.704. The molecule has 0 amide bonds. The van der Waals surface area contributed by atoms with Crippen molar-refractivity contribution in [1.29, 1.82) is 0 Å². The van der Waals surface area contributed by atoms with Crippen molar-refractivity contribution in [3.63, 3.8) is 0 Å². The molecule has 1 saturated heterocycles. The van der Waals surface area contributed by atoms with E-state index in [1.165, 1.54) is 6.08 Å². The zero-order valence-electron chi connectivity index (χ0n) is 18.2. The van der Waals surface area contributed by atoms with E-state index in [1.807, 2.05) is 50.2 Å². The van der Waals surface area contributed by atoms with Crippen LogP contribution in [0.3, 0.4) is 0 Å². The van der Waals surface area contributed by atoms with E-state index in [0.717, 1.165) is 11.3 Å². The number of rotatable bonds is 2. The molecule has 31 heavy (non-hydrogen) atoms. The number of carbonyl (C=O) groups is 2. The van der Waals surface area contributed by atoms with Crippen LogP contribution in [0.4, 0.5) is 5.69 Å². The molecule has 164 valence electrons. The largest absolute Gasteiger partial charge is 0.458 e. The van der Waals surface area contributed by atoms with Crippen molar-refractivity contribution in [1.82, 2.24) is 5.48 Å². The Morgan fingerprint density at radius 3 is 2.55 bits per heavy atom. The first-order valence-corrected chi connectivity index (χ1v) is 10.8. The Bertz CT molecular complexity index is 1020. The molecular formula is C24H28N2O5. The van der Waals surface area contributed by atoms with Crippen LogP contribution in [-0.4, -0.2) is 48.3 Å². The number of hydrogen-bond donors (Lipinski definition) is 2. The third kappa shape index (κ3) is 2.47. The summed E-state index contributed by atoms with van der Waals surface area (Å²) in [5, 5.41) is 11.5. The first kappa shape index (κ1) is 20.3. The standard InChI is InChI=1S/C24H28N2O5/c1-14-5-10-17-20(22(2)19(27)11-12-24(14,22)29)30-21(28)23(17)13-18(25-31-23)15-6-8-16(9-7-15)26(3)4/h6-9,11-14,17,20,25,29H,5,10H2,1-4H3/t14-,17+,20+,22-,23?,24+/m0/s1. The number of nitrogens with zero attached hydrogens (tertiary/aromatic N) is 1. The minimum Gasteiger partial charge on any atom is -0.458 e. The van der Waals surface area contributed by atoms with Gasteiger partial charge in [-0.2, -0.15) is 0 Å². The molecule has 2 aliphatic carbocycles. The molecular weight excluding hydrogens is 396 g/mol. The van der Waals surface area contributed by atoms with E-state index in [0.29, 0.717) is 18.5 Å². The number of carbonyl (C=O) groups excluding carboxylic acids is 2. The molecule has 0 radical (unpaired) electrons. The molecule has 2 heterocycles. The molecule has 7 nitrogen and oxygen atoms in total. The summed E-state index contributed by atoms with van der Waals surface area (Å²) in [5.74, 6) is -1.28. The van der Waals surface area contributed by atoms with Crippen LogP contribution in [0.25, 0.3) is 5.70 Å². The molecule has 0 bridgehead atoms. The molecule has 7 heteroatoms. The molecule has 1 saturated carbocycles. The number of ether oxygens (including phenoxy) is 1. The summed E-state index contributed by atoms with van der Waals surface area (Å²) >= 11 is 0. The average molecular weight is 424 g/mol. The number of hydroxylamine groups is 1. The van der Waals surface area contributed by atoms with Crippen molar-refractivity contribution in [2.75, 3.05) is 19.0 Å². The SMILES string of the molecule is C[C@H]1CC[C@@H]2[C@@H](OC(=O)C23C=C(c2ccc(N(C)C)cc2)NO3)[C@]2(C)C(=O)C=C[C@@]12O. The van der Waals surface area contributed by atoms with E-state index in [1.54, 1.807) is 19.1 Å². The first-order valence-electron chi connectivity index (χ1n) is 10.8. The maximum Gasteiger partial charge on any atom is 0.346 e. The van der Waals surface area contributed by atoms with Crippen LogP contribution in [-0.2, 0) is 19.2 Å². The van der Waals surface area contributed by atoms with Crippen LogP contribution in [0.5, 0.6) is 0 Å². The molecule has 2 fully saturated rings. The second-order valence-corrected chi connectivity index (χ2v) is 9.63. The fourth-order valence-electron chi connectivity index (χ4n) is 5.77. The number of benzene rings is 1. The highest BCUT2D eigenvalue weighted by molar-refractivity contribution is 6.01. The van der Waals surface area contributed by atoms with Crippen LogP contribution < -0.4 is 10.4 Å². The Morgan fingerprint density at radius 2 is 1.87 bits per heavy atom. The summed E-state index contributed by atoms with van der Waals surface area (Å²) < 4.78 is 5.84. The van der Waals surface area contributed by atoms with Gasteiger partial charge in [0.25, 0.3) is 0 Å². The molecule has 2 aliphatic heterocycles. The van der Waals surface area contributed by atoms with Gasteiger partial charge >= 0.3 is 5.97 Å². The Hall–Kier alpha value is -2.64. The fourth-order valence-corrected chi connectivity index (χ4v) is 5.77. The summed E-state index contributed by atoms with van der Waals surface area (Å²) in [6, 6.07) is 7.92. The Morgan fingerprint density at radius 1 is 1.16 bits per heavy atom. The predicted molar refractivity (Wildman–Crippen MR) is 115 cm³/mol. The van der Waals surface area contributed by atoms with E-state index in [2.05, 4.69) is 5.48 Å². The second-order valence-electron chi connectivity index (χ2n) is 9.63. The normalized spacial score (nSPS) is 40.8. The lowest BCUT2D eigenvalue weighted by atomic mass is 9.64. The number of esters is 1. The summed E-state index contributed by atoms with van der Waals surface area (Å²) in [6.45, 7) is 3.66. The molecule has 5 rings (SSSR count). The van der Waals surface area contributed by atoms with Crippen molar-refractivity contribution in [2.24, 2.45) is 17.3 Å². The van der Waals surface area contributed by atoms with Crippen LogP contribution >= 0.6 is 0 Å². The van der Waals surface area contributed by atoms with Gasteiger partial charge in [-0.05, 0) is 61.6 Å². The summed E-state index contributed by atoms with van der Waals surface area (Å²) in [6.07, 6.45) is 5.28. The van der Waals surface area contributed by atoms with Gasteiger partial charge in [0.05, 0.1) is 11.1 Å². The predicted octanol–water partition coefficient (Wildman–Crippen LogP) is 2.21. The number of allylic oxidation sites excluding steroid dienone is 1. The molecule has 1 spiro atoms. The number of aliphatic hydroxyl groups is 1. The van der Waals surface area contributed by atoms with Crippen molar-refractivity contribution >= 4 is 23.1 Å². The molecule has 1 aromatic rings. The topological polar surface area (TPSA) is 88.1 Å². The highest BCUT2D eigenvalue weighted by Gasteiger charge is 2.72. The van der Waals surface area contributed by atoms with Crippen LogP contribution in [0, 0.1) is 17.3 Å². The number of ketones is 1. The minimum atomic E-state index is -1.35. The number of anilines is 1. The Balaban J connectivity index is 1.54. The van der Waals surface area contributed by atoms with Crippen molar-refractivity contribution in [2.45, 2.75) is 44.0 Å². The maximum absolute atomic E-state index is 13.2. The number of nitrogens with one attached hydrogen (secondary N) is 1. The zero-order valence-corrected chi connectivity index (χ0v) is 18.2. The van der Waals surface area contributed by atoms with E-state index in [9.17, 15) is 14.7 Å². The van der Waals surface area contributed by atoms with Gasteiger partial charge in [0.15, 0.2) is 5.78 Å². The number of fused-ring (bicyclic) bond motifs is 4. The van der Waals surface area contributed by atoms with Gasteiger partial charge in [-0.3, -0.25) is 15.1 Å². The summed E-state index contributed by atoms with van der Waals surface area (Å²) in [4.78, 5) is 34.1. The lowest BCUT2D eigenvalue weighted by Gasteiger charge is -2.43. The van der Waals surface area contributed by atoms with Gasteiger partial charge in [-0.15, -0.1) is 0 Å². The van der Waals surface area contributed by atoms with E-state index >= 15 is 0 Å². The third-order valence-corrected chi connectivity index (χ3v) is 7.92. The molecule has 1 aromatic carbocycles. The van der Waals surface area contributed by atoms with Gasteiger partial charge in [0.1, 0.15) is 11.7 Å². The molecule has 0 aromatic heterocycles. The molecule has 1 unspecified atom stereocenters. The van der Waals surface area contributed by atoms with Crippen molar-refractivity contribution in [3.8, 4) is 0 Å². The van der Waals surface area contributed by atoms with Crippen molar-refractivity contribution < 1.29 is 24.3 Å². The summed E-state index contributed by atoms with van der Waals surface area (Å²) in [7, 11) is 3.95. The lowest BCUT2D eigenvalue weighted by molar-refractivity contribution is -0.169. The zero-order chi connectivity index (χ0) is 22.2. The fraction of sp³-hybridized carbons (Fsp3) is 0.500. The van der Waals surface area contributed by atoms with Gasteiger partial charge in [-0.1, -0.05) is 19.1 Å². The Kier molecular flexibility index (Phi) is 4.21. The van der Waals surface area contributed by atoms with E-state index in [4.69, 9.17) is 9.57 Å². The lowest BCUT2D eigenvalue weighted by Crippen LogP contribution is -2.57. The monoisotopic (exact) mass is 424 g/mol. The van der Waals surface area contributed by atoms with Gasteiger partial charge in [0, 0.05) is 25.7 Å². The third-order valence-electron chi connectivity index (χ3n) is 7.92. The molecule has 2 N–H and O–H groups in total. The first-order chi connectivity index (χ1) is 14.6. The maximum atomic E-state index is 13.2. The van der Waals surface area contributed by atoms with Crippen LogP contribution in [0.15, 0.2) is 42.5 Å². The van der Waals surface area contributed by atoms with Gasteiger partial charge in [0.2, 0.25) is 5.60 Å². The second kappa shape index (κ2) is 6.43. The Labute approximate surface area is 181 Å². The van der Waals surface area contributed by atoms with Gasteiger partial charge < -0.3 is 14.7 Å². The van der Waals surface area contributed by atoms with E-state index < -0.39 is 34.6 Å². The smallest absolute Gasteiger partial charge is 0.346 e. The van der Waals surface area contributed by atoms with E-state index in [-0.39, 0.29) is 11.7 Å². The highest BCUT2D eigenvalue weighted by atomic mass is 16.7. The number of hydrogen-bond acceptors (Lipinski definition) is 7. The van der Waals surface area contributed by atoms with Crippen LogP contribution in [0.1, 0.15) is 32.3 Å². The highest BCUT2D eigenvalue weighted by Crippen LogP contribution is 2.59. The molecule has 6 atom stereocenters. The molecule has 4 aliphatic rings. The summed E-state index contributed by atoms with van der Waals surface area (Å²) in [5.41, 5.74) is 1.66.